The number of aromatic nitrogens is 2. The maximum Gasteiger partial charge on any atom is 0.222 e. The molecule has 130 valence electrons. The highest BCUT2D eigenvalue weighted by Gasteiger charge is 2.13. The van der Waals surface area contributed by atoms with Crippen molar-refractivity contribution in [3.63, 3.8) is 0 Å². The highest BCUT2D eigenvalue weighted by atomic mass is 19.1. The first-order valence-corrected chi connectivity index (χ1v) is 8.26. The second-order valence-corrected chi connectivity index (χ2v) is 5.55. The van der Waals surface area contributed by atoms with Gasteiger partial charge in [-0.1, -0.05) is 13.0 Å². The summed E-state index contributed by atoms with van der Waals surface area (Å²) in [6.45, 7) is 6.67. The van der Waals surface area contributed by atoms with E-state index < -0.39 is 5.82 Å². The topological polar surface area (TPSA) is 56.1 Å². The molecule has 0 spiro atoms. The Balaban J connectivity index is 1.90. The molecule has 1 aromatic heterocycles. The molecule has 0 aliphatic heterocycles. The normalized spacial score (nSPS) is 12.0. The van der Waals surface area contributed by atoms with Crippen molar-refractivity contribution in [1.29, 1.82) is 0 Å². The summed E-state index contributed by atoms with van der Waals surface area (Å²) in [6, 6.07) is 4.50. The summed E-state index contributed by atoms with van der Waals surface area (Å²) in [6.07, 6.45) is 4.79. The second-order valence-electron chi connectivity index (χ2n) is 5.55. The van der Waals surface area contributed by atoms with Gasteiger partial charge in [0.2, 0.25) is 5.91 Å². The Labute approximate surface area is 141 Å². The minimum Gasteiger partial charge on any atom is -0.491 e. The quantitative estimate of drug-likeness (QED) is 0.807. The molecular formula is C18H24FN3O2. The van der Waals surface area contributed by atoms with Crippen molar-refractivity contribution < 1.29 is 13.9 Å². The molecule has 0 bridgehead atoms. The number of benzene rings is 1. The van der Waals surface area contributed by atoms with Gasteiger partial charge in [-0.2, -0.15) is 0 Å². The van der Waals surface area contributed by atoms with Crippen LogP contribution in [0.1, 0.15) is 44.6 Å². The molecule has 0 saturated carbocycles. The Hall–Kier alpha value is -2.37. The average molecular weight is 333 g/mol. The van der Waals surface area contributed by atoms with E-state index in [4.69, 9.17) is 4.74 Å². The molecule has 2 aromatic rings. The van der Waals surface area contributed by atoms with Gasteiger partial charge in [-0.15, -0.1) is 0 Å². The van der Waals surface area contributed by atoms with E-state index in [2.05, 4.69) is 10.3 Å². The Kier molecular flexibility index (Phi) is 6.35. The van der Waals surface area contributed by atoms with Crippen molar-refractivity contribution in [3.8, 4) is 5.75 Å². The number of carbonyl (C=O) groups is 1. The lowest BCUT2D eigenvalue weighted by Gasteiger charge is -2.16. The van der Waals surface area contributed by atoms with Crippen molar-refractivity contribution in [2.24, 2.45) is 0 Å². The fourth-order valence-corrected chi connectivity index (χ4v) is 2.54. The third-order valence-electron chi connectivity index (χ3n) is 3.83. The summed E-state index contributed by atoms with van der Waals surface area (Å²) in [7, 11) is 0. The van der Waals surface area contributed by atoms with Crippen LogP contribution in [0, 0.1) is 5.82 Å². The van der Waals surface area contributed by atoms with Crippen LogP contribution >= 0.6 is 0 Å². The highest BCUT2D eigenvalue weighted by molar-refractivity contribution is 5.76. The molecule has 0 aliphatic rings. The summed E-state index contributed by atoms with van der Waals surface area (Å²) in [5.41, 5.74) is 0.709. The number of hydrogen-bond acceptors (Lipinski definition) is 3. The van der Waals surface area contributed by atoms with Gasteiger partial charge in [-0.3, -0.25) is 4.79 Å². The molecule has 1 N–H and O–H groups in total. The van der Waals surface area contributed by atoms with Crippen LogP contribution in [0.25, 0.3) is 0 Å². The maximum atomic E-state index is 13.9. The van der Waals surface area contributed by atoms with E-state index >= 15 is 0 Å². The van der Waals surface area contributed by atoms with E-state index in [9.17, 15) is 9.18 Å². The molecule has 5 nitrogen and oxygen atoms in total. The molecule has 1 amide bonds. The van der Waals surface area contributed by atoms with Crippen molar-refractivity contribution in [2.75, 3.05) is 6.61 Å². The van der Waals surface area contributed by atoms with Gasteiger partial charge in [-0.05, 0) is 31.5 Å². The first kappa shape index (κ1) is 18.0. The number of ether oxygens (including phenoxy) is 1. The van der Waals surface area contributed by atoms with Gasteiger partial charge >= 0.3 is 0 Å². The van der Waals surface area contributed by atoms with Gasteiger partial charge < -0.3 is 14.6 Å². The number of aryl methyl sites for hydroxylation is 2. The highest BCUT2D eigenvalue weighted by Crippen LogP contribution is 2.22. The smallest absolute Gasteiger partial charge is 0.222 e. The molecule has 0 aliphatic carbocycles. The van der Waals surface area contributed by atoms with Crippen molar-refractivity contribution in [1.82, 2.24) is 14.9 Å². The van der Waals surface area contributed by atoms with Crippen LogP contribution in [0.4, 0.5) is 4.39 Å². The van der Waals surface area contributed by atoms with E-state index in [0.29, 0.717) is 25.1 Å². The van der Waals surface area contributed by atoms with Crippen LogP contribution < -0.4 is 10.1 Å². The molecule has 1 atom stereocenters. The van der Waals surface area contributed by atoms with Crippen molar-refractivity contribution in [2.45, 2.75) is 46.2 Å². The van der Waals surface area contributed by atoms with E-state index in [-0.39, 0.29) is 17.7 Å². The monoisotopic (exact) mass is 333 g/mol. The number of hydrogen-bond donors (Lipinski definition) is 1. The third kappa shape index (κ3) is 4.57. The lowest BCUT2D eigenvalue weighted by Crippen LogP contribution is -2.27. The third-order valence-corrected chi connectivity index (χ3v) is 3.83. The fourth-order valence-electron chi connectivity index (χ4n) is 2.54. The Morgan fingerprint density at radius 3 is 2.88 bits per heavy atom. The summed E-state index contributed by atoms with van der Waals surface area (Å²) >= 11 is 0. The number of nitrogens with zero attached hydrogens (tertiary/aromatic N) is 2. The molecular weight excluding hydrogens is 309 g/mol. The van der Waals surface area contributed by atoms with E-state index in [1.807, 2.05) is 24.6 Å². The van der Waals surface area contributed by atoms with Gasteiger partial charge in [0.25, 0.3) is 0 Å². The predicted octanol–water partition coefficient (Wildman–Crippen LogP) is 3.25. The van der Waals surface area contributed by atoms with E-state index in [1.165, 1.54) is 6.07 Å². The van der Waals surface area contributed by atoms with Crippen LogP contribution in [-0.2, 0) is 17.8 Å². The molecule has 6 heteroatoms. The zero-order valence-electron chi connectivity index (χ0n) is 14.4. The number of imidazole rings is 1. The fraction of sp³-hybridized carbons (Fsp3) is 0.444. The lowest BCUT2D eigenvalue weighted by molar-refractivity contribution is -0.121. The Bertz CT molecular complexity index is 685. The minimum atomic E-state index is -0.415. The summed E-state index contributed by atoms with van der Waals surface area (Å²) in [4.78, 5) is 16.3. The summed E-state index contributed by atoms with van der Waals surface area (Å²) < 4.78 is 21.1. The number of carbonyl (C=O) groups excluding carboxylic acids is 1. The largest absolute Gasteiger partial charge is 0.491 e. The van der Waals surface area contributed by atoms with Gasteiger partial charge in [0.05, 0.1) is 12.6 Å². The molecule has 0 fully saturated rings. The summed E-state index contributed by atoms with van der Waals surface area (Å²) in [5, 5.41) is 2.89. The number of nitrogens with one attached hydrogen (secondary N) is 1. The standard InChI is InChI=1S/C18H24FN3O2/c1-4-17-20-9-11-22(17)10-8-18(23)21-13(3)14-6-7-16(24-5-2)15(19)12-14/h6-7,9,11-13H,4-5,8,10H2,1-3H3,(H,21,23). The molecule has 1 aromatic carbocycles. The van der Waals surface area contributed by atoms with Crippen LogP contribution in [0.3, 0.4) is 0 Å². The van der Waals surface area contributed by atoms with Crippen molar-refractivity contribution >= 4 is 5.91 Å². The molecule has 0 radical (unpaired) electrons. The first-order chi connectivity index (χ1) is 11.5. The molecule has 24 heavy (non-hydrogen) atoms. The van der Waals surface area contributed by atoms with Crippen LogP contribution in [0.15, 0.2) is 30.6 Å². The molecule has 2 rings (SSSR count). The van der Waals surface area contributed by atoms with Gasteiger partial charge in [0, 0.05) is 31.8 Å². The lowest BCUT2D eigenvalue weighted by atomic mass is 10.1. The van der Waals surface area contributed by atoms with Gasteiger partial charge in [-0.25, -0.2) is 9.37 Å². The predicted molar refractivity (Wildman–Crippen MR) is 90.3 cm³/mol. The first-order valence-electron chi connectivity index (χ1n) is 8.26. The van der Waals surface area contributed by atoms with Crippen LogP contribution in [-0.4, -0.2) is 22.1 Å². The van der Waals surface area contributed by atoms with E-state index in [0.717, 1.165) is 12.2 Å². The average Bonchev–Trinajstić information content (AvgIpc) is 3.02. The maximum absolute atomic E-state index is 13.9. The number of amides is 1. The zero-order valence-corrected chi connectivity index (χ0v) is 14.4. The summed E-state index contributed by atoms with van der Waals surface area (Å²) in [5.74, 6) is 0.699. The van der Waals surface area contributed by atoms with Gasteiger partial charge in [0.1, 0.15) is 5.82 Å². The second kappa shape index (κ2) is 8.47. The molecule has 1 heterocycles. The van der Waals surface area contributed by atoms with Gasteiger partial charge in [0.15, 0.2) is 11.6 Å². The SMILES string of the molecule is CCOc1ccc(C(C)NC(=O)CCn2ccnc2CC)cc1F. The van der Waals surface area contributed by atoms with E-state index in [1.54, 1.807) is 25.3 Å². The Morgan fingerprint density at radius 2 is 2.21 bits per heavy atom. The minimum absolute atomic E-state index is 0.0763. The zero-order chi connectivity index (χ0) is 17.5. The number of rotatable bonds is 8. The van der Waals surface area contributed by atoms with Crippen molar-refractivity contribution in [3.05, 3.63) is 47.8 Å². The van der Waals surface area contributed by atoms with Crippen LogP contribution in [0.5, 0.6) is 5.75 Å². The Morgan fingerprint density at radius 1 is 1.42 bits per heavy atom. The number of halogens is 1. The molecule has 1 unspecified atom stereocenters. The molecule has 0 saturated heterocycles. The van der Waals surface area contributed by atoms with Crippen LogP contribution in [0.2, 0.25) is 0 Å².